The van der Waals surface area contributed by atoms with E-state index in [1.54, 1.807) is 0 Å². The van der Waals surface area contributed by atoms with Gasteiger partial charge in [-0.05, 0) is 151 Å². The van der Waals surface area contributed by atoms with Crippen molar-refractivity contribution in [1.82, 2.24) is 0 Å². The zero-order valence-electron chi connectivity index (χ0n) is 48.1. The highest BCUT2D eigenvalue weighted by atomic mass is 15.2. The van der Waals surface area contributed by atoms with Crippen molar-refractivity contribution in [3.8, 4) is 33.4 Å². The van der Waals surface area contributed by atoms with Crippen molar-refractivity contribution in [2.24, 2.45) is 0 Å². The average molecular weight is 1070 g/mol. The lowest BCUT2D eigenvalue weighted by molar-refractivity contribution is 0.401. The Morgan fingerprint density at radius 1 is 0.325 bits per heavy atom. The molecular formula is C81H72N2. The molecule has 0 radical (unpaired) electrons. The summed E-state index contributed by atoms with van der Waals surface area (Å²) in [4.78, 5) is 4.91. The third kappa shape index (κ3) is 9.60. The van der Waals surface area contributed by atoms with Crippen LogP contribution in [0.15, 0.2) is 256 Å². The quantitative estimate of drug-likeness (QED) is 0.0554. The van der Waals surface area contributed by atoms with Gasteiger partial charge in [0.25, 0.3) is 0 Å². The summed E-state index contributed by atoms with van der Waals surface area (Å²) in [6, 6.07) is 91.1. The molecule has 0 aromatic heterocycles. The summed E-state index contributed by atoms with van der Waals surface area (Å²) in [6.45, 7) is 12.8. The largest absolute Gasteiger partial charge is 0.309 e. The van der Waals surface area contributed by atoms with Crippen LogP contribution in [0.2, 0.25) is 0 Å². The Morgan fingerprint density at radius 3 is 0.964 bits per heavy atom. The number of hydrogen-bond donors (Lipinski definition) is 0. The van der Waals surface area contributed by atoms with Crippen molar-refractivity contribution in [2.75, 3.05) is 9.80 Å². The summed E-state index contributed by atoms with van der Waals surface area (Å²) in [6.07, 6.45) is 15.8. The molecule has 0 bridgehead atoms. The first-order valence-electron chi connectivity index (χ1n) is 30.4. The van der Waals surface area contributed by atoms with Gasteiger partial charge in [-0.2, -0.15) is 0 Å². The van der Waals surface area contributed by atoms with Gasteiger partial charge in [-0.15, -0.1) is 0 Å². The van der Waals surface area contributed by atoms with E-state index in [9.17, 15) is 0 Å². The van der Waals surface area contributed by atoms with Gasteiger partial charge >= 0.3 is 0 Å². The molecule has 0 unspecified atom stereocenters. The molecule has 1 aliphatic rings. The fraction of sp³-hybridized carbons (Fsp3) is 0.160. The van der Waals surface area contributed by atoms with Gasteiger partial charge < -0.3 is 9.80 Å². The van der Waals surface area contributed by atoms with Gasteiger partial charge in [-0.25, -0.2) is 0 Å². The maximum absolute atomic E-state index is 4.07. The molecule has 0 heterocycles. The minimum Gasteiger partial charge on any atom is -0.309 e. The van der Waals surface area contributed by atoms with Crippen LogP contribution in [-0.4, -0.2) is 0 Å². The number of anilines is 6. The molecular weight excluding hydrogens is 1000 g/mol. The molecule has 0 saturated heterocycles. The van der Waals surface area contributed by atoms with E-state index in [1.165, 1.54) is 150 Å². The number of nitrogens with zero attached hydrogens (tertiary/aromatic N) is 2. The standard InChI is InChI=1S/C81H72N2/c1-5-9-11-27-53-81(54-28-12-10-6-2)75-55-59(77-67-33-19-23-37-71(67)79(72-38-24-20-34-68(72)77)82(61-29-15-13-16-30-61)63-47-41-57(7-3)42-48-63)45-51-65(75)66-52-46-60(56-76(66)81)78-69-35-21-25-39-73(69)80(74-40-26-22-36-70(74)78)83(62-31-17-14-18-32-62)64-49-43-58(8-4)44-50-64/h7-8,13-26,29-52,55-56H,3-6,9-12,27-28,53-54H2,1-2H3. The Labute approximate surface area is 491 Å². The van der Waals surface area contributed by atoms with E-state index in [2.05, 4.69) is 279 Å². The summed E-state index contributed by atoms with van der Waals surface area (Å²) >= 11 is 0. The highest BCUT2D eigenvalue weighted by molar-refractivity contribution is 6.24. The summed E-state index contributed by atoms with van der Waals surface area (Å²) < 4.78 is 0. The second kappa shape index (κ2) is 23.3. The molecule has 12 aromatic rings. The summed E-state index contributed by atoms with van der Waals surface area (Å²) in [5, 5.41) is 9.89. The van der Waals surface area contributed by atoms with Crippen molar-refractivity contribution in [3.05, 3.63) is 278 Å². The zero-order valence-corrected chi connectivity index (χ0v) is 48.1. The third-order valence-corrected chi connectivity index (χ3v) is 17.9. The molecule has 406 valence electrons. The number of benzene rings is 12. The molecule has 0 N–H and O–H groups in total. The monoisotopic (exact) mass is 1070 g/mol. The Balaban J connectivity index is 1.02. The normalized spacial score (nSPS) is 12.4. The highest BCUT2D eigenvalue weighted by Gasteiger charge is 2.43. The minimum atomic E-state index is -0.182. The summed E-state index contributed by atoms with van der Waals surface area (Å²) in [7, 11) is 0. The Hall–Kier alpha value is -9.24. The van der Waals surface area contributed by atoms with Crippen molar-refractivity contribution in [2.45, 2.75) is 83.5 Å². The smallest absolute Gasteiger partial charge is 0.0618 e. The molecule has 0 atom stereocenters. The maximum Gasteiger partial charge on any atom is 0.0618 e. The molecule has 12 aromatic carbocycles. The Bertz CT molecular complexity index is 3930. The summed E-state index contributed by atoms with van der Waals surface area (Å²) in [5.41, 5.74) is 19.7. The third-order valence-electron chi connectivity index (χ3n) is 17.9. The van der Waals surface area contributed by atoms with Crippen molar-refractivity contribution < 1.29 is 0 Å². The van der Waals surface area contributed by atoms with E-state index in [0.717, 1.165) is 46.7 Å². The van der Waals surface area contributed by atoms with E-state index in [1.807, 2.05) is 12.2 Å². The van der Waals surface area contributed by atoms with Gasteiger partial charge in [0, 0.05) is 49.7 Å². The molecule has 0 spiro atoms. The number of hydrogen-bond acceptors (Lipinski definition) is 2. The predicted octanol–water partition coefficient (Wildman–Crippen LogP) is 24.1. The molecule has 83 heavy (non-hydrogen) atoms. The molecule has 13 rings (SSSR count). The molecule has 0 aliphatic heterocycles. The molecule has 2 heteroatoms. The van der Waals surface area contributed by atoms with E-state index in [-0.39, 0.29) is 5.41 Å². The van der Waals surface area contributed by atoms with Gasteiger partial charge in [-0.3, -0.25) is 0 Å². The molecule has 1 aliphatic carbocycles. The first-order valence-corrected chi connectivity index (χ1v) is 30.4. The first kappa shape index (κ1) is 53.1. The van der Waals surface area contributed by atoms with Crippen LogP contribution < -0.4 is 9.80 Å². The van der Waals surface area contributed by atoms with E-state index >= 15 is 0 Å². The van der Waals surface area contributed by atoms with Crippen LogP contribution in [0, 0.1) is 0 Å². The second-order valence-electron chi connectivity index (χ2n) is 22.8. The lowest BCUT2D eigenvalue weighted by atomic mass is 9.69. The molecule has 0 saturated carbocycles. The predicted molar refractivity (Wildman–Crippen MR) is 361 cm³/mol. The van der Waals surface area contributed by atoms with Crippen LogP contribution in [-0.2, 0) is 5.41 Å². The van der Waals surface area contributed by atoms with Crippen LogP contribution in [0.3, 0.4) is 0 Å². The molecule has 2 nitrogen and oxygen atoms in total. The second-order valence-corrected chi connectivity index (χ2v) is 22.8. The lowest BCUT2D eigenvalue weighted by Crippen LogP contribution is -2.25. The topological polar surface area (TPSA) is 6.48 Å². The van der Waals surface area contributed by atoms with Gasteiger partial charge in [0.1, 0.15) is 0 Å². The molecule has 0 fully saturated rings. The van der Waals surface area contributed by atoms with Crippen molar-refractivity contribution in [1.29, 1.82) is 0 Å². The summed E-state index contributed by atoms with van der Waals surface area (Å²) in [5.74, 6) is 0. The van der Waals surface area contributed by atoms with Crippen LogP contribution in [0.1, 0.15) is 100 Å². The van der Waals surface area contributed by atoms with Gasteiger partial charge in [0.15, 0.2) is 0 Å². The van der Waals surface area contributed by atoms with Crippen molar-refractivity contribution >= 4 is 89.4 Å². The lowest BCUT2D eigenvalue weighted by Gasteiger charge is -2.34. The highest BCUT2D eigenvalue weighted by Crippen LogP contribution is 2.58. The number of fused-ring (bicyclic) bond motifs is 7. The van der Waals surface area contributed by atoms with E-state index < -0.39 is 0 Å². The number of rotatable bonds is 20. The van der Waals surface area contributed by atoms with Crippen LogP contribution >= 0.6 is 0 Å². The fourth-order valence-corrected chi connectivity index (χ4v) is 14.0. The van der Waals surface area contributed by atoms with Gasteiger partial charge in [-0.1, -0.05) is 273 Å². The van der Waals surface area contributed by atoms with Crippen molar-refractivity contribution in [3.63, 3.8) is 0 Å². The van der Waals surface area contributed by atoms with Crippen LogP contribution in [0.25, 0.3) is 88.6 Å². The van der Waals surface area contributed by atoms with E-state index in [0.29, 0.717) is 0 Å². The SMILES string of the molecule is C=Cc1ccc(N(c2ccccc2)c2c3ccccc3c(-c3ccc4c(c3)C(CCCCCC)(CCCCCC)c3cc(-c5c6ccccc6c(N(c6ccccc6)c6ccc(C=C)cc6)c6ccccc56)ccc3-4)c3ccccc23)cc1. The minimum absolute atomic E-state index is 0.182. The maximum atomic E-state index is 4.07. The zero-order chi connectivity index (χ0) is 56.3. The van der Waals surface area contributed by atoms with Crippen LogP contribution in [0.5, 0.6) is 0 Å². The van der Waals surface area contributed by atoms with Gasteiger partial charge in [0.05, 0.1) is 11.4 Å². The fourth-order valence-electron chi connectivity index (χ4n) is 14.0. The first-order chi connectivity index (χ1) is 41.0. The number of unbranched alkanes of at least 4 members (excludes halogenated alkanes) is 6. The number of para-hydroxylation sites is 2. The molecule has 0 amide bonds. The van der Waals surface area contributed by atoms with Gasteiger partial charge in [0.2, 0.25) is 0 Å². The Morgan fingerprint density at radius 2 is 0.639 bits per heavy atom. The average Bonchev–Trinajstić information content (AvgIpc) is 3.48. The van der Waals surface area contributed by atoms with Crippen LogP contribution in [0.4, 0.5) is 34.1 Å². The van der Waals surface area contributed by atoms with E-state index in [4.69, 9.17) is 0 Å². The Kier molecular flexibility index (Phi) is 14.9.